The van der Waals surface area contributed by atoms with Gasteiger partial charge in [0, 0.05) is 5.92 Å². The van der Waals surface area contributed by atoms with Gasteiger partial charge in [0.05, 0.1) is 31.8 Å². The number of methoxy groups -OCH3 is 1. The Morgan fingerprint density at radius 1 is 1.40 bits per heavy atom. The van der Waals surface area contributed by atoms with Gasteiger partial charge < -0.3 is 14.6 Å². The van der Waals surface area contributed by atoms with Crippen molar-refractivity contribution in [2.75, 3.05) is 7.11 Å². The summed E-state index contributed by atoms with van der Waals surface area (Å²) >= 11 is 0. The Morgan fingerprint density at radius 3 is 2.75 bits per heavy atom. The Hall–Kier alpha value is -1.39. The highest BCUT2D eigenvalue weighted by molar-refractivity contribution is 5.69. The molecule has 20 heavy (non-hydrogen) atoms. The summed E-state index contributed by atoms with van der Waals surface area (Å²) in [6.07, 6.45) is 1.50. The van der Waals surface area contributed by atoms with Crippen LogP contribution in [0, 0.1) is 5.92 Å². The molecule has 3 atom stereocenters. The zero-order chi connectivity index (χ0) is 14.6. The van der Waals surface area contributed by atoms with E-state index in [0.717, 1.165) is 12.0 Å². The second kappa shape index (κ2) is 6.37. The number of esters is 1. The maximum atomic E-state index is 11.5. The molecule has 110 valence electrons. The molecule has 1 aliphatic carbocycles. The molecule has 0 heterocycles. The largest absolute Gasteiger partial charge is 0.469 e. The molecule has 4 heteroatoms. The summed E-state index contributed by atoms with van der Waals surface area (Å²) in [6.45, 7) is 2.27. The van der Waals surface area contributed by atoms with Crippen LogP contribution in [0.2, 0.25) is 0 Å². The van der Waals surface area contributed by atoms with Crippen molar-refractivity contribution >= 4 is 5.97 Å². The van der Waals surface area contributed by atoms with E-state index in [1.165, 1.54) is 7.11 Å². The number of benzene rings is 1. The number of ether oxygens (including phenoxy) is 2. The van der Waals surface area contributed by atoms with E-state index < -0.39 is 5.60 Å². The summed E-state index contributed by atoms with van der Waals surface area (Å²) in [5.74, 6) is -0.510. The predicted molar refractivity (Wildman–Crippen MR) is 75.0 cm³/mol. The van der Waals surface area contributed by atoms with Crippen LogP contribution in [-0.2, 0) is 20.9 Å². The van der Waals surface area contributed by atoms with E-state index in [9.17, 15) is 9.90 Å². The summed E-state index contributed by atoms with van der Waals surface area (Å²) < 4.78 is 10.6. The lowest BCUT2D eigenvalue weighted by Gasteiger charge is -2.28. The minimum Gasteiger partial charge on any atom is -0.469 e. The number of hydrogen-bond acceptors (Lipinski definition) is 4. The molecular formula is C16H22O4. The quantitative estimate of drug-likeness (QED) is 0.840. The van der Waals surface area contributed by atoms with E-state index >= 15 is 0 Å². The minimum atomic E-state index is -0.866. The first-order valence-electron chi connectivity index (χ1n) is 6.97. The summed E-state index contributed by atoms with van der Waals surface area (Å²) in [7, 11) is 1.37. The molecule has 0 radical (unpaired) electrons. The standard InChI is InChI=1S/C16H22O4/c1-16(18)9-8-14(13(16)10-15(17)19-2)20-11-12-6-4-3-5-7-12/h3-7,13-14,18H,8-11H2,1-2H3/t13-,14+,16-/m1/s1. The van der Waals surface area contributed by atoms with Gasteiger partial charge in [0.1, 0.15) is 0 Å². The summed E-state index contributed by atoms with van der Waals surface area (Å²) in [4.78, 5) is 11.5. The normalized spacial score (nSPS) is 29.4. The van der Waals surface area contributed by atoms with Gasteiger partial charge in [-0.2, -0.15) is 0 Å². The molecule has 2 rings (SSSR count). The Morgan fingerprint density at radius 2 is 2.10 bits per heavy atom. The molecule has 4 nitrogen and oxygen atoms in total. The molecule has 0 bridgehead atoms. The second-order valence-corrected chi connectivity index (χ2v) is 5.62. The highest BCUT2D eigenvalue weighted by Gasteiger charge is 2.45. The molecule has 1 fully saturated rings. The van der Waals surface area contributed by atoms with Crippen LogP contribution >= 0.6 is 0 Å². The fourth-order valence-corrected chi connectivity index (χ4v) is 2.81. The van der Waals surface area contributed by atoms with Gasteiger partial charge in [-0.3, -0.25) is 4.79 Å². The van der Waals surface area contributed by atoms with E-state index in [1.54, 1.807) is 6.92 Å². The van der Waals surface area contributed by atoms with E-state index in [2.05, 4.69) is 0 Å². The highest BCUT2D eigenvalue weighted by Crippen LogP contribution is 2.40. The van der Waals surface area contributed by atoms with Gasteiger partial charge in [-0.05, 0) is 25.3 Å². The van der Waals surface area contributed by atoms with Gasteiger partial charge in [0.2, 0.25) is 0 Å². The lowest BCUT2D eigenvalue weighted by molar-refractivity contribution is -0.146. The van der Waals surface area contributed by atoms with Crippen LogP contribution in [-0.4, -0.2) is 29.9 Å². The van der Waals surface area contributed by atoms with Crippen molar-refractivity contribution in [3.8, 4) is 0 Å². The van der Waals surface area contributed by atoms with Crippen LogP contribution in [0.15, 0.2) is 30.3 Å². The molecule has 0 saturated heterocycles. The van der Waals surface area contributed by atoms with Crippen LogP contribution in [0.5, 0.6) is 0 Å². The van der Waals surface area contributed by atoms with Crippen molar-refractivity contribution in [1.29, 1.82) is 0 Å². The molecule has 0 spiro atoms. The predicted octanol–water partition coefficient (Wildman–Crippen LogP) is 2.30. The number of hydrogen-bond donors (Lipinski definition) is 1. The first-order chi connectivity index (χ1) is 9.53. The van der Waals surface area contributed by atoms with Crippen LogP contribution in [0.4, 0.5) is 0 Å². The topological polar surface area (TPSA) is 55.8 Å². The zero-order valence-corrected chi connectivity index (χ0v) is 12.0. The van der Waals surface area contributed by atoms with Crippen LogP contribution in [0.1, 0.15) is 31.7 Å². The molecular weight excluding hydrogens is 256 g/mol. The molecule has 1 aliphatic rings. The maximum Gasteiger partial charge on any atom is 0.305 e. The number of rotatable bonds is 5. The highest BCUT2D eigenvalue weighted by atomic mass is 16.5. The number of carbonyl (C=O) groups is 1. The molecule has 1 aromatic rings. The molecule has 0 amide bonds. The molecule has 0 aromatic heterocycles. The summed E-state index contributed by atoms with van der Waals surface area (Å²) in [6, 6.07) is 9.90. The van der Waals surface area contributed by atoms with Gasteiger partial charge >= 0.3 is 5.97 Å². The number of carbonyl (C=O) groups excluding carboxylic acids is 1. The van der Waals surface area contributed by atoms with Crippen molar-refractivity contribution in [2.24, 2.45) is 5.92 Å². The third-order valence-electron chi connectivity index (χ3n) is 4.10. The SMILES string of the molecule is COC(=O)C[C@@H]1[C@@H](OCc2ccccc2)CC[C@@]1(C)O. The van der Waals surface area contributed by atoms with Crippen LogP contribution in [0.25, 0.3) is 0 Å². The van der Waals surface area contributed by atoms with Crippen molar-refractivity contribution in [3.05, 3.63) is 35.9 Å². The molecule has 1 saturated carbocycles. The average Bonchev–Trinajstić information content (AvgIpc) is 2.73. The van der Waals surface area contributed by atoms with Crippen molar-refractivity contribution < 1.29 is 19.4 Å². The molecule has 1 N–H and O–H groups in total. The van der Waals surface area contributed by atoms with E-state index in [4.69, 9.17) is 9.47 Å². The van der Waals surface area contributed by atoms with Crippen molar-refractivity contribution in [1.82, 2.24) is 0 Å². The Bertz CT molecular complexity index is 441. The van der Waals surface area contributed by atoms with Crippen molar-refractivity contribution in [3.63, 3.8) is 0 Å². The van der Waals surface area contributed by atoms with Gasteiger partial charge in [-0.25, -0.2) is 0 Å². The third-order valence-corrected chi connectivity index (χ3v) is 4.10. The average molecular weight is 278 g/mol. The monoisotopic (exact) mass is 278 g/mol. The van der Waals surface area contributed by atoms with Gasteiger partial charge in [-0.15, -0.1) is 0 Å². The fourth-order valence-electron chi connectivity index (χ4n) is 2.81. The summed E-state index contributed by atoms with van der Waals surface area (Å²) in [5, 5.41) is 10.4. The molecule has 1 aromatic carbocycles. The van der Waals surface area contributed by atoms with Gasteiger partial charge in [0.15, 0.2) is 0 Å². The zero-order valence-electron chi connectivity index (χ0n) is 12.0. The third kappa shape index (κ3) is 3.58. The lowest BCUT2D eigenvalue weighted by atomic mass is 9.89. The molecule has 0 aliphatic heterocycles. The maximum absolute atomic E-state index is 11.5. The Balaban J connectivity index is 1.97. The van der Waals surface area contributed by atoms with Gasteiger partial charge in [-0.1, -0.05) is 30.3 Å². The minimum absolute atomic E-state index is 0.107. The summed E-state index contributed by atoms with van der Waals surface area (Å²) in [5.41, 5.74) is 0.228. The van der Waals surface area contributed by atoms with E-state index in [0.29, 0.717) is 13.0 Å². The van der Waals surface area contributed by atoms with Crippen molar-refractivity contribution in [2.45, 2.75) is 44.5 Å². The smallest absolute Gasteiger partial charge is 0.305 e. The molecule has 0 unspecified atom stereocenters. The Labute approximate surface area is 119 Å². The first-order valence-corrected chi connectivity index (χ1v) is 6.97. The number of aliphatic hydroxyl groups is 1. The van der Waals surface area contributed by atoms with Crippen LogP contribution in [0.3, 0.4) is 0 Å². The van der Waals surface area contributed by atoms with E-state index in [1.807, 2.05) is 30.3 Å². The lowest BCUT2D eigenvalue weighted by Crippen LogP contribution is -2.36. The fraction of sp³-hybridized carbons (Fsp3) is 0.562. The Kier molecular flexibility index (Phi) is 4.78. The van der Waals surface area contributed by atoms with Gasteiger partial charge in [0.25, 0.3) is 0 Å². The second-order valence-electron chi connectivity index (χ2n) is 5.62. The first kappa shape index (κ1) is 15.0. The van der Waals surface area contributed by atoms with Crippen LogP contribution < -0.4 is 0 Å². The van der Waals surface area contributed by atoms with E-state index in [-0.39, 0.29) is 24.4 Å².